The first-order valence-electron chi connectivity index (χ1n) is 10.6. The van der Waals surface area contributed by atoms with Gasteiger partial charge in [0, 0.05) is 16.5 Å². The summed E-state index contributed by atoms with van der Waals surface area (Å²) in [7, 11) is 0. The summed E-state index contributed by atoms with van der Waals surface area (Å²) < 4.78 is 1.02. The summed E-state index contributed by atoms with van der Waals surface area (Å²) in [6, 6.07) is 35.6. The van der Waals surface area contributed by atoms with Gasteiger partial charge in [-0.05, 0) is 47.5 Å². The van der Waals surface area contributed by atoms with Crippen LogP contribution in [-0.2, 0) is 0 Å². The number of nitrogens with zero attached hydrogens (tertiary/aromatic N) is 2. The highest BCUT2D eigenvalue weighted by atomic mass is 79.9. The van der Waals surface area contributed by atoms with Crippen molar-refractivity contribution in [3.63, 3.8) is 0 Å². The second-order valence-corrected chi connectivity index (χ2v) is 8.64. The SMILES string of the molecule is O=C(c1ccccc1)N1c2ccccc2N=C(c2ccc(Br)cc2)CC1c1ccccc1. The maximum absolute atomic E-state index is 13.9. The molecule has 1 aliphatic heterocycles. The van der Waals surface area contributed by atoms with Crippen LogP contribution in [0, 0.1) is 0 Å². The van der Waals surface area contributed by atoms with Crippen molar-refractivity contribution in [2.45, 2.75) is 12.5 Å². The predicted octanol–water partition coefficient (Wildman–Crippen LogP) is 7.36. The van der Waals surface area contributed by atoms with E-state index in [1.165, 1.54) is 0 Å². The zero-order chi connectivity index (χ0) is 21.9. The van der Waals surface area contributed by atoms with Crippen LogP contribution in [0.2, 0.25) is 0 Å². The maximum Gasteiger partial charge on any atom is 0.258 e. The van der Waals surface area contributed by atoms with Gasteiger partial charge in [0.2, 0.25) is 0 Å². The minimum atomic E-state index is -0.185. The third kappa shape index (κ3) is 4.02. The molecule has 1 aliphatic rings. The highest BCUT2D eigenvalue weighted by Crippen LogP contribution is 2.41. The van der Waals surface area contributed by atoms with Gasteiger partial charge in [0.05, 0.1) is 23.1 Å². The first-order valence-corrected chi connectivity index (χ1v) is 11.4. The van der Waals surface area contributed by atoms with Crippen LogP contribution in [0.5, 0.6) is 0 Å². The molecule has 4 heteroatoms. The van der Waals surface area contributed by atoms with Gasteiger partial charge >= 0.3 is 0 Å². The van der Waals surface area contributed by atoms with Gasteiger partial charge in [0.15, 0.2) is 0 Å². The van der Waals surface area contributed by atoms with E-state index in [-0.39, 0.29) is 11.9 Å². The van der Waals surface area contributed by atoms with E-state index < -0.39 is 0 Å². The van der Waals surface area contributed by atoms with Gasteiger partial charge in [-0.25, -0.2) is 0 Å². The number of hydrogen-bond donors (Lipinski definition) is 0. The van der Waals surface area contributed by atoms with E-state index in [1.54, 1.807) is 0 Å². The molecule has 32 heavy (non-hydrogen) atoms. The molecule has 3 nitrogen and oxygen atoms in total. The summed E-state index contributed by atoms with van der Waals surface area (Å²) in [6.07, 6.45) is 0.610. The van der Waals surface area contributed by atoms with Gasteiger partial charge in [-0.1, -0.05) is 88.7 Å². The molecule has 4 aromatic rings. The molecule has 5 rings (SSSR count). The normalized spacial score (nSPS) is 15.5. The van der Waals surface area contributed by atoms with E-state index in [0.717, 1.165) is 32.7 Å². The largest absolute Gasteiger partial charge is 0.298 e. The number of hydrogen-bond acceptors (Lipinski definition) is 2. The van der Waals surface area contributed by atoms with Crippen LogP contribution in [0.1, 0.15) is 33.9 Å². The Kier molecular flexibility index (Phi) is 5.70. The fourth-order valence-corrected chi connectivity index (χ4v) is 4.40. The molecule has 0 spiro atoms. The van der Waals surface area contributed by atoms with Gasteiger partial charge in [-0.2, -0.15) is 0 Å². The number of para-hydroxylation sites is 2. The van der Waals surface area contributed by atoms with Crippen molar-refractivity contribution in [2.75, 3.05) is 4.90 Å². The molecule has 0 fully saturated rings. The third-order valence-corrected chi connectivity index (χ3v) is 6.23. The zero-order valence-corrected chi connectivity index (χ0v) is 18.9. The number of aliphatic imine (C=N–C) groups is 1. The van der Waals surface area contributed by atoms with E-state index in [4.69, 9.17) is 4.99 Å². The van der Waals surface area contributed by atoms with Crippen LogP contribution in [0.15, 0.2) is 119 Å². The topological polar surface area (TPSA) is 32.7 Å². The fraction of sp³-hybridized carbons (Fsp3) is 0.0714. The average Bonchev–Trinajstić information content (AvgIpc) is 3.02. The van der Waals surface area contributed by atoms with Crippen molar-refractivity contribution in [3.8, 4) is 0 Å². The number of amides is 1. The van der Waals surface area contributed by atoms with E-state index >= 15 is 0 Å². The fourth-order valence-electron chi connectivity index (χ4n) is 4.13. The van der Waals surface area contributed by atoms with Crippen molar-refractivity contribution >= 4 is 38.9 Å². The molecular weight excluding hydrogens is 460 g/mol. The van der Waals surface area contributed by atoms with Crippen LogP contribution in [-0.4, -0.2) is 11.6 Å². The Morgan fingerprint density at radius 2 is 1.41 bits per heavy atom. The number of fused-ring (bicyclic) bond motifs is 1. The molecule has 0 bridgehead atoms. The third-order valence-electron chi connectivity index (χ3n) is 5.70. The standard InChI is InChI=1S/C28H21BrN2O/c29-23-17-15-20(16-18-23)25-19-27(21-9-3-1-4-10-21)31(26-14-8-7-13-24(26)30-25)28(32)22-11-5-2-6-12-22/h1-18,27H,19H2. The Morgan fingerprint density at radius 1 is 0.781 bits per heavy atom. The van der Waals surface area contributed by atoms with E-state index in [1.807, 2.05) is 89.8 Å². The Bertz CT molecular complexity index is 1270. The van der Waals surface area contributed by atoms with E-state index in [2.05, 4.69) is 40.2 Å². The number of anilines is 1. The van der Waals surface area contributed by atoms with Gasteiger partial charge < -0.3 is 0 Å². The molecule has 1 atom stereocenters. The summed E-state index contributed by atoms with van der Waals surface area (Å²) in [5, 5.41) is 0. The van der Waals surface area contributed by atoms with Crippen molar-refractivity contribution in [1.29, 1.82) is 0 Å². The smallest absolute Gasteiger partial charge is 0.258 e. The Hall–Kier alpha value is -3.50. The van der Waals surface area contributed by atoms with Crippen LogP contribution in [0.4, 0.5) is 11.4 Å². The molecule has 156 valence electrons. The highest BCUT2D eigenvalue weighted by Gasteiger charge is 2.32. The summed E-state index contributed by atoms with van der Waals surface area (Å²) in [5.74, 6) is -0.0286. The first-order chi connectivity index (χ1) is 15.7. The predicted molar refractivity (Wildman–Crippen MR) is 134 cm³/mol. The molecule has 0 aliphatic carbocycles. The summed E-state index contributed by atoms with van der Waals surface area (Å²) >= 11 is 3.52. The van der Waals surface area contributed by atoms with Crippen molar-refractivity contribution in [2.24, 2.45) is 4.99 Å². The molecule has 0 saturated heterocycles. The first kappa shape index (κ1) is 20.4. The minimum absolute atomic E-state index is 0.0286. The molecule has 4 aromatic carbocycles. The second kappa shape index (κ2) is 8.93. The Morgan fingerprint density at radius 3 is 2.12 bits per heavy atom. The molecule has 0 saturated carbocycles. The average molecular weight is 481 g/mol. The lowest BCUT2D eigenvalue weighted by atomic mass is 9.95. The van der Waals surface area contributed by atoms with E-state index in [9.17, 15) is 4.79 Å². The Balaban J connectivity index is 1.69. The highest BCUT2D eigenvalue weighted by molar-refractivity contribution is 9.10. The van der Waals surface area contributed by atoms with Gasteiger partial charge in [-0.3, -0.25) is 14.7 Å². The monoisotopic (exact) mass is 480 g/mol. The lowest BCUT2D eigenvalue weighted by molar-refractivity contribution is 0.0977. The second-order valence-electron chi connectivity index (χ2n) is 7.73. The van der Waals surface area contributed by atoms with Crippen molar-refractivity contribution < 1.29 is 4.79 Å². The molecule has 1 heterocycles. The number of carbonyl (C=O) groups is 1. The Labute approximate surface area is 196 Å². The lowest BCUT2D eigenvalue weighted by Gasteiger charge is -2.32. The van der Waals surface area contributed by atoms with Crippen LogP contribution >= 0.6 is 15.9 Å². The number of rotatable bonds is 3. The summed E-state index contributed by atoms with van der Waals surface area (Å²) in [4.78, 5) is 20.8. The lowest BCUT2D eigenvalue weighted by Crippen LogP contribution is -2.35. The molecular formula is C28H21BrN2O. The molecule has 1 amide bonds. The summed E-state index contributed by atoms with van der Waals surface area (Å²) in [6.45, 7) is 0. The van der Waals surface area contributed by atoms with Crippen molar-refractivity contribution in [1.82, 2.24) is 0 Å². The van der Waals surface area contributed by atoms with Crippen LogP contribution in [0.3, 0.4) is 0 Å². The minimum Gasteiger partial charge on any atom is -0.298 e. The zero-order valence-electron chi connectivity index (χ0n) is 17.4. The van der Waals surface area contributed by atoms with Gasteiger partial charge in [0.25, 0.3) is 5.91 Å². The van der Waals surface area contributed by atoms with Crippen LogP contribution < -0.4 is 4.90 Å². The number of halogens is 1. The molecule has 0 N–H and O–H groups in total. The van der Waals surface area contributed by atoms with E-state index in [0.29, 0.717) is 12.0 Å². The van der Waals surface area contributed by atoms with Crippen molar-refractivity contribution in [3.05, 3.63) is 130 Å². The quantitative estimate of drug-likeness (QED) is 0.301. The number of carbonyl (C=O) groups excluding carboxylic acids is 1. The van der Waals surface area contributed by atoms with Crippen LogP contribution in [0.25, 0.3) is 0 Å². The molecule has 0 aromatic heterocycles. The number of benzene rings is 4. The molecule has 0 radical (unpaired) electrons. The summed E-state index contributed by atoms with van der Waals surface area (Å²) in [5.41, 5.74) is 5.38. The maximum atomic E-state index is 13.9. The van der Waals surface area contributed by atoms with Gasteiger partial charge in [0.1, 0.15) is 0 Å². The molecule has 1 unspecified atom stereocenters. The van der Waals surface area contributed by atoms with Gasteiger partial charge in [-0.15, -0.1) is 0 Å².